The van der Waals surface area contributed by atoms with Crippen LogP contribution in [0.4, 0.5) is 26.3 Å². The number of fused-ring (bicyclic) bond motifs is 9. The molecular weight excluding hydrogens is 386 g/mol. The quantitative estimate of drug-likeness (QED) is 0.332. The van der Waals surface area contributed by atoms with Gasteiger partial charge in [0.25, 0.3) is 14.9 Å². The van der Waals surface area contributed by atoms with Crippen LogP contribution in [0.25, 0.3) is 0 Å². The summed E-state index contributed by atoms with van der Waals surface area (Å²) in [5, 5.41) is 0. The number of hydrogen-bond donors (Lipinski definition) is 1. The van der Waals surface area contributed by atoms with Crippen LogP contribution in [0.1, 0.15) is 25.7 Å². The van der Waals surface area contributed by atoms with Crippen LogP contribution in [0.15, 0.2) is 12.2 Å². The van der Waals surface area contributed by atoms with E-state index in [9.17, 15) is 34.8 Å². The number of alkyl halides is 6. The van der Waals surface area contributed by atoms with Gasteiger partial charge in [0, 0.05) is 0 Å². The van der Waals surface area contributed by atoms with Crippen molar-refractivity contribution in [2.24, 2.45) is 41.4 Å². The zero-order valence-corrected chi connectivity index (χ0v) is 14.3. The standard InChI is InChI=1S/C16H18F6O3S/c17-15(18,19)14(16(20,21)22,26(23,24)25)6-10-4-9-5-11(10)13-8-2-1-7(3-8)12(9)13/h1-2,7-13H,3-6H2,(H,23,24,25). The second kappa shape index (κ2) is 5.18. The summed E-state index contributed by atoms with van der Waals surface area (Å²) in [6.07, 6.45) is -8.26. The minimum atomic E-state index is -6.44. The molecule has 0 amide bonds. The summed E-state index contributed by atoms with van der Waals surface area (Å²) in [6.45, 7) is 0. The summed E-state index contributed by atoms with van der Waals surface area (Å²) >= 11 is 0. The fourth-order valence-electron chi connectivity index (χ4n) is 6.55. The predicted octanol–water partition coefficient (Wildman–Crippen LogP) is 4.22. The normalized spacial score (nSPS) is 41.9. The molecule has 3 nitrogen and oxygen atoms in total. The molecule has 1 N–H and O–H groups in total. The van der Waals surface area contributed by atoms with Crippen molar-refractivity contribution < 1.29 is 39.3 Å². The Morgan fingerprint density at radius 2 is 1.42 bits per heavy atom. The molecule has 0 saturated heterocycles. The fourth-order valence-corrected chi connectivity index (χ4v) is 7.56. The molecule has 0 aliphatic heterocycles. The van der Waals surface area contributed by atoms with E-state index < -0.39 is 39.6 Å². The highest BCUT2D eigenvalue weighted by atomic mass is 32.2. The first-order valence-electron chi connectivity index (χ1n) is 8.57. The van der Waals surface area contributed by atoms with Crippen molar-refractivity contribution in [3.05, 3.63) is 12.2 Å². The van der Waals surface area contributed by atoms with Crippen LogP contribution in [-0.2, 0) is 10.1 Å². The van der Waals surface area contributed by atoms with Crippen molar-refractivity contribution in [1.82, 2.24) is 0 Å². The second-order valence-corrected chi connectivity index (χ2v) is 9.91. The molecule has 4 rings (SSSR count). The van der Waals surface area contributed by atoms with E-state index in [0.717, 1.165) is 6.42 Å². The van der Waals surface area contributed by atoms with Crippen molar-refractivity contribution in [3.63, 3.8) is 0 Å². The average molecular weight is 404 g/mol. The van der Waals surface area contributed by atoms with Crippen LogP contribution in [0.3, 0.4) is 0 Å². The summed E-state index contributed by atoms with van der Waals surface area (Å²) in [7, 11) is -6.44. The molecule has 0 aromatic rings. The van der Waals surface area contributed by atoms with Gasteiger partial charge in [-0.15, -0.1) is 0 Å². The van der Waals surface area contributed by atoms with Gasteiger partial charge in [-0.1, -0.05) is 12.2 Å². The van der Waals surface area contributed by atoms with E-state index in [1.54, 1.807) is 0 Å². The van der Waals surface area contributed by atoms with E-state index in [2.05, 4.69) is 6.08 Å². The number of hydrogen-bond acceptors (Lipinski definition) is 2. The first kappa shape index (κ1) is 18.6. The van der Waals surface area contributed by atoms with Gasteiger partial charge in [0.15, 0.2) is 0 Å². The Labute approximate surface area is 146 Å². The van der Waals surface area contributed by atoms with Gasteiger partial charge in [-0.05, 0) is 67.1 Å². The molecule has 3 saturated carbocycles. The van der Waals surface area contributed by atoms with Crippen LogP contribution in [-0.4, -0.2) is 30.1 Å². The topological polar surface area (TPSA) is 54.4 Å². The van der Waals surface area contributed by atoms with Crippen molar-refractivity contribution in [1.29, 1.82) is 0 Å². The van der Waals surface area contributed by atoms with Gasteiger partial charge >= 0.3 is 12.4 Å². The van der Waals surface area contributed by atoms with Crippen molar-refractivity contribution in [2.75, 3.05) is 0 Å². The van der Waals surface area contributed by atoms with Crippen LogP contribution < -0.4 is 0 Å². The lowest BCUT2D eigenvalue weighted by Gasteiger charge is -2.41. The Morgan fingerprint density at radius 1 is 0.885 bits per heavy atom. The Balaban J connectivity index is 1.69. The van der Waals surface area contributed by atoms with Crippen LogP contribution in [0.5, 0.6) is 0 Å². The van der Waals surface area contributed by atoms with Gasteiger partial charge in [0.2, 0.25) is 0 Å². The zero-order chi connectivity index (χ0) is 19.3. The number of rotatable bonds is 3. The highest BCUT2D eigenvalue weighted by Gasteiger charge is 2.79. The lowest BCUT2D eigenvalue weighted by atomic mass is 9.67. The van der Waals surface area contributed by atoms with Gasteiger partial charge < -0.3 is 0 Å². The van der Waals surface area contributed by atoms with Crippen LogP contribution in [0, 0.1) is 41.4 Å². The second-order valence-electron chi connectivity index (χ2n) is 8.26. The third-order valence-corrected chi connectivity index (χ3v) is 8.82. The monoisotopic (exact) mass is 404 g/mol. The maximum Gasteiger partial charge on any atom is 0.419 e. The van der Waals surface area contributed by atoms with Crippen LogP contribution in [0.2, 0.25) is 0 Å². The van der Waals surface area contributed by atoms with E-state index in [1.165, 1.54) is 0 Å². The third kappa shape index (κ3) is 2.20. The lowest BCUT2D eigenvalue weighted by molar-refractivity contribution is -0.274. The molecule has 4 aliphatic carbocycles. The highest BCUT2D eigenvalue weighted by molar-refractivity contribution is 7.87. The Kier molecular flexibility index (Phi) is 3.70. The first-order chi connectivity index (χ1) is 11.8. The van der Waals surface area contributed by atoms with E-state index in [4.69, 9.17) is 4.55 Å². The van der Waals surface area contributed by atoms with E-state index in [-0.39, 0.29) is 30.1 Å². The molecular formula is C16H18F6O3S. The van der Waals surface area contributed by atoms with E-state index in [0.29, 0.717) is 18.3 Å². The van der Waals surface area contributed by atoms with E-state index in [1.807, 2.05) is 6.08 Å². The van der Waals surface area contributed by atoms with Gasteiger partial charge in [-0.25, -0.2) is 0 Å². The SMILES string of the molecule is O=S(=O)(O)C(CC1CC2CC1C1C3C=CC(C3)C21)(C(F)(F)F)C(F)(F)F. The third-order valence-electron chi connectivity index (χ3n) is 7.31. The highest BCUT2D eigenvalue weighted by Crippen LogP contribution is 2.69. The summed E-state index contributed by atoms with van der Waals surface area (Å²) < 4.78 is 107. The zero-order valence-electron chi connectivity index (χ0n) is 13.5. The molecule has 7 unspecified atom stereocenters. The molecule has 0 aromatic carbocycles. The Bertz CT molecular complexity index is 726. The molecule has 4 aliphatic rings. The maximum absolute atomic E-state index is 13.4. The Morgan fingerprint density at radius 3 is 1.92 bits per heavy atom. The fraction of sp³-hybridized carbons (Fsp3) is 0.875. The molecule has 148 valence electrons. The summed E-state index contributed by atoms with van der Waals surface area (Å²) in [5.74, 6) is -0.486. The molecule has 0 spiro atoms. The lowest BCUT2D eigenvalue weighted by Crippen LogP contribution is -2.63. The van der Waals surface area contributed by atoms with Gasteiger partial charge in [-0.2, -0.15) is 34.8 Å². The number of allylic oxidation sites excluding steroid dienone is 2. The predicted molar refractivity (Wildman–Crippen MR) is 78.4 cm³/mol. The molecule has 10 heteroatoms. The minimum Gasteiger partial charge on any atom is -0.285 e. The average Bonchev–Trinajstić information content (AvgIpc) is 3.18. The summed E-state index contributed by atoms with van der Waals surface area (Å²) in [4.78, 5) is 0. The maximum atomic E-state index is 13.4. The largest absolute Gasteiger partial charge is 0.419 e. The van der Waals surface area contributed by atoms with Crippen LogP contribution >= 0.6 is 0 Å². The smallest absolute Gasteiger partial charge is 0.285 e. The molecule has 0 radical (unpaired) electrons. The molecule has 7 atom stereocenters. The Hall–Kier alpha value is -0.770. The molecule has 0 heterocycles. The number of halogens is 6. The van der Waals surface area contributed by atoms with Gasteiger partial charge in [0.05, 0.1) is 0 Å². The molecule has 4 bridgehead atoms. The summed E-state index contributed by atoms with van der Waals surface area (Å²) in [6, 6.07) is 0. The van der Waals surface area contributed by atoms with Gasteiger partial charge in [0.1, 0.15) is 0 Å². The molecule has 26 heavy (non-hydrogen) atoms. The van der Waals surface area contributed by atoms with Crippen molar-refractivity contribution in [3.8, 4) is 0 Å². The first-order valence-corrected chi connectivity index (χ1v) is 10.0. The van der Waals surface area contributed by atoms with Crippen molar-refractivity contribution >= 4 is 10.1 Å². The minimum absolute atomic E-state index is 0.0364. The summed E-state index contributed by atoms with van der Waals surface area (Å²) in [5.41, 5.74) is 0. The van der Waals surface area contributed by atoms with Crippen molar-refractivity contribution in [2.45, 2.75) is 42.8 Å². The van der Waals surface area contributed by atoms with E-state index >= 15 is 0 Å². The molecule has 3 fully saturated rings. The van der Waals surface area contributed by atoms with Gasteiger partial charge in [-0.3, -0.25) is 4.55 Å². The molecule has 0 aromatic heterocycles.